The van der Waals surface area contributed by atoms with Crippen LogP contribution >= 0.6 is 27.3 Å². The Morgan fingerprint density at radius 2 is 1.80 bits per heavy atom. The first-order valence-corrected chi connectivity index (χ1v) is 8.71. The summed E-state index contributed by atoms with van der Waals surface area (Å²) in [4.78, 5) is 25.7. The third-order valence-electron chi connectivity index (χ3n) is 3.32. The third-order valence-corrected chi connectivity index (χ3v) is 4.95. The van der Waals surface area contributed by atoms with E-state index in [1.807, 2.05) is 0 Å². The summed E-state index contributed by atoms with van der Waals surface area (Å²) < 4.78 is 38.4. The Kier molecular flexibility index (Phi) is 6.23. The van der Waals surface area contributed by atoms with Crippen molar-refractivity contribution in [2.75, 3.05) is 13.6 Å². The molecule has 0 bridgehead atoms. The van der Waals surface area contributed by atoms with Crippen LogP contribution in [0.25, 0.3) is 0 Å². The number of hydrogen-bond acceptors (Lipinski definition) is 3. The zero-order valence-corrected chi connectivity index (χ0v) is 15.5. The maximum absolute atomic E-state index is 12.5. The average molecular weight is 435 g/mol. The van der Waals surface area contributed by atoms with Crippen LogP contribution in [0.15, 0.2) is 40.2 Å². The fraction of sp³-hybridized carbons (Fsp3) is 0.250. The van der Waals surface area contributed by atoms with Crippen LogP contribution in [0.1, 0.15) is 20.8 Å². The molecule has 0 unspecified atom stereocenters. The number of nitrogens with zero attached hydrogens (tertiary/aromatic N) is 1. The zero-order chi connectivity index (χ0) is 18.6. The Bertz CT molecular complexity index is 759. The molecule has 2 amide bonds. The van der Waals surface area contributed by atoms with Crippen molar-refractivity contribution < 1.29 is 22.8 Å². The molecule has 25 heavy (non-hydrogen) atoms. The molecule has 2 rings (SSSR count). The molecule has 9 heteroatoms. The monoisotopic (exact) mass is 434 g/mol. The predicted octanol–water partition coefficient (Wildman–Crippen LogP) is 3.92. The second-order valence-electron chi connectivity index (χ2n) is 5.23. The molecule has 134 valence electrons. The summed E-state index contributed by atoms with van der Waals surface area (Å²) >= 11 is 4.50. The minimum Gasteiger partial charge on any atom is -0.342 e. The number of carbonyl (C=O) groups excluding carboxylic acids is 2. The molecule has 0 aliphatic carbocycles. The van der Waals surface area contributed by atoms with Gasteiger partial charge in [-0.25, -0.2) is 0 Å². The van der Waals surface area contributed by atoms with E-state index < -0.39 is 11.7 Å². The molecular weight excluding hydrogens is 421 g/mol. The highest BCUT2D eigenvalue weighted by molar-refractivity contribution is 9.11. The van der Waals surface area contributed by atoms with E-state index in [1.54, 1.807) is 12.1 Å². The summed E-state index contributed by atoms with van der Waals surface area (Å²) in [6.07, 6.45) is -4.39. The Morgan fingerprint density at radius 1 is 1.16 bits per heavy atom. The van der Waals surface area contributed by atoms with Gasteiger partial charge in [0.1, 0.15) is 0 Å². The standard InChI is InChI=1S/C16H14BrF3N2O2S/c1-22(9-10-2-4-11(5-3-10)16(18,19)20)14(23)8-21-15(24)12-6-7-13(17)25-12/h2-7H,8-9H2,1H3,(H,21,24). The first-order chi connectivity index (χ1) is 11.7. The van der Waals surface area contributed by atoms with Crippen LogP contribution in [0.4, 0.5) is 13.2 Å². The SMILES string of the molecule is CN(Cc1ccc(C(F)(F)F)cc1)C(=O)CNC(=O)c1ccc(Br)s1. The molecule has 0 saturated carbocycles. The summed E-state index contributed by atoms with van der Waals surface area (Å²) in [5.41, 5.74) is -0.169. The lowest BCUT2D eigenvalue weighted by atomic mass is 10.1. The van der Waals surface area contributed by atoms with Crippen molar-refractivity contribution in [2.45, 2.75) is 12.7 Å². The first kappa shape index (κ1) is 19.5. The van der Waals surface area contributed by atoms with Gasteiger partial charge in [0.25, 0.3) is 5.91 Å². The molecule has 0 aliphatic rings. The molecule has 1 heterocycles. The largest absolute Gasteiger partial charge is 0.416 e. The number of thiophene rings is 1. The van der Waals surface area contributed by atoms with E-state index in [1.165, 1.54) is 35.4 Å². The van der Waals surface area contributed by atoms with E-state index >= 15 is 0 Å². The van der Waals surface area contributed by atoms with Gasteiger partial charge in [0.15, 0.2) is 0 Å². The fourth-order valence-electron chi connectivity index (χ4n) is 1.98. The minimum absolute atomic E-state index is 0.150. The topological polar surface area (TPSA) is 49.4 Å². The molecule has 1 aromatic heterocycles. The summed E-state index contributed by atoms with van der Waals surface area (Å²) in [6, 6.07) is 7.98. The maximum atomic E-state index is 12.5. The lowest BCUT2D eigenvalue weighted by molar-refractivity contribution is -0.137. The van der Waals surface area contributed by atoms with Crippen molar-refractivity contribution >= 4 is 39.1 Å². The highest BCUT2D eigenvalue weighted by atomic mass is 79.9. The van der Waals surface area contributed by atoms with Crippen LogP contribution in [-0.4, -0.2) is 30.3 Å². The zero-order valence-electron chi connectivity index (χ0n) is 13.1. The van der Waals surface area contributed by atoms with Crippen molar-refractivity contribution in [3.05, 3.63) is 56.2 Å². The molecule has 0 atom stereocenters. The van der Waals surface area contributed by atoms with Gasteiger partial charge < -0.3 is 10.2 Å². The Labute approximate surface area is 154 Å². The molecule has 0 saturated heterocycles. The lowest BCUT2D eigenvalue weighted by Gasteiger charge is -2.18. The van der Waals surface area contributed by atoms with Gasteiger partial charge in [0.05, 0.1) is 20.8 Å². The first-order valence-electron chi connectivity index (χ1n) is 7.10. The predicted molar refractivity (Wildman–Crippen MR) is 92.3 cm³/mol. The van der Waals surface area contributed by atoms with Crippen molar-refractivity contribution in [1.29, 1.82) is 0 Å². The number of benzene rings is 1. The summed E-state index contributed by atoms with van der Waals surface area (Å²) in [5, 5.41) is 2.52. The van der Waals surface area contributed by atoms with Gasteiger partial charge >= 0.3 is 6.18 Å². The Balaban J connectivity index is 1.86. The number of halogens is 4. The number of alkyl halides is 3. The number of carbonyl (C=O) groups is 2. The number of amides is 2. The molecule has 0 radical (unpaired) electrons. The van der Waals surface area contributed by atoms with Crippen LogP contribution < -0.4 is 5.32 Å². The summed E-state index contributed by atoms with van der Waals surface area (Å²) in [5.74, 6) is -0.698. The summed E-state index contributed by atoms with van der Waals surface area (Å²) in [7, 11) is 1.52. The maximum Gasteiger partial charge on any atom is 0.416 e. The number of rotatable bonds is 5. The quantitative estimate of drug-likeness (QED) is 0.775. The number of likely N-dealkylation sites (N-methyl/N-ethyl adjacent to an activating group) is 1. The van der Waals surface area contributed by atoms with Gasteiger partial charge in [0, 0.05) is 13.6 Å². The van der Waals surface area contributed by atoms with E-state index in [4.69, 9.17) is 0 Å². The average Bonchev–Trinajstić information content (AvgIpc) is 2.98. The van der Waals surface area contributed by atoms with Crippen LogP contribution in [0, 0.1) is 0 Å². The van der Waals surface area contributed by atoms with Gasteiger partial charge in [-0.05, 0) is 45.8 Å². The second-order valence-corrected chi connectivity index (χ2v) is 7.69. The molecule has 0 fully saturated rings. The lowest BCUT2D eigenvalue weighted by Crippen LogP contribution is -2.37. The molecular formula is C16H14BrF3N2O2S. The highest BCUT2D eigenvalue weighted by Crippen LogP contribution is 2.29. The number of hydrogen-bond donors (Lipinski definition) is 1. The van der Waals surface area contributed by atoms with Crippen molar-refractivity contribution in [3.8, 4) is 0 Å². The van der Waals surface area contributed by atoms with Crippen molar-refractivity contribution in [2.24, 2.45) is 0 Å². The van der Waals surface area contributed by atoms with Gasteiger partial charge in [0.2, 0.25) is 5.91 Å². The van der Waals surface area contributed by atoms with E-state index in [0.29, 0.717) is 10.4 Å². The molecule has 2 aromatic rings. The second kappa shape index (κ2) is 8.01. The third kappa shape index (κ3) is 5.57. The van der Waals surface area contributed by atoms with Gasteiger partial charge in [-0.1, -0.05) is 12.1 Å². The molecule has 0 spiro atoms. The van der Waals surface area contributed by atoms with E-state index in [9.17, 15) is 22.8 Å². The smallest absolute Gasteiger partial charge is 0.342 e. The molecule has 4 nitrogen and oxygen atoms in total. The van der Waals surface area contributed by atoms with Crippen molar-refractivity contribution in [3.63, 3.8) is 0 Å². The van der Waals surface area contributed by atoms with Crippen LogP contribution in [0.2, 0.25) is 0 Å². The minimum atomic E-state index is -4.39. The van der Waals surface area contributed by atoms with Gasteiger partial charge in [-0.2, -0.15) is 13.2 Å². The van der Waals surface area contributed by atoms with Gasteiger partial charge in [-0.3, -0.25) is 9.59 Å². The van der Waals surface area contributed by atoms with Crippen LogP contribution in [0.5, 0.6) is 0 Å². The Morgan fingerprint density at radius 3 is 2.32 bits per heavy atom. The molecule has 1 N–H and O–H groups in total. The van der Waals surface area contributed by atoms with E-state index in [-0.39, 0.29) is 24.9 Å². The van der Waals surface area contributed by atoms with Gasteiger partial charge in [-0.15, -0.1) is 11.3 Å². The number of nitrogens with one attached hydrogen (secondary N) is 1. The fourth-order valence-corrected chi connectivity index (χ4v) is 3.28. The van der Waals surface area contributed by atoms with Crippen LogP contribution in [0.3, 0.4) is 0 Å². The van der Waals surface area contributed by atoms with E-state index in [0.717, 1.165) is 15.9 Å². The van der Waals surface area contributed by atoms with E-state index in [2.05, 4.69) is 21.2 Å². The Hall–Kier alpha value is -1.87. The molecule has 0 aliphatic heterocycles. The summed E-state index contributed by atoms with van der Waals surface area (Å²) in [6.45, 7) is -0.0388. The van der Waals surface area contributed by atoms with Crippen molar-refractivity contribution in [1.82, 2.24) is 10.2 Å². The van der Waals surface area contributed by atoms with Crippen LogP contribution in [-0.2, 0) is 17.5 Å². The highest BCUT2D eigenvalue weighted by Gasteiger charge is 2.30. The molecule has 1 aromatic carbocycles. The normalized spacial score (nSPS) is 11.2.